The summed E-state index contributed by atoms with van der Waals surface area (Å²) >= 11 is 0. The highest BCUT2D eigenvalue weighted by molar-refractivity contribution is 5.81. The van der Waals surface area contributed by atoms with E-state index in [4.69, 9.17) is 5.41 Å². The maximum Gasteiger partial charge on any atom is 0.221 e. The molecule has 0 saturated carbocycles. The van der Waals surface area contributed by atoms with E-state index in [1.54, 1.807) is 0 Å². The van der Waals surface area contributed by atoms with Crippen molar-refractivity contribution in [3.8, 4) is 0 Å². The van der Waals surface area contributed by atoms with Gasteiger partial charge in [0.1, 0.15) is 0 Å². The predicted molar refractivity (Wildman–Crippen MR) is 56.5 cm³/mol. The first-order valence-electron chi connectivity index (χ1n) is 5.33. The molecular formula is C10H19N3O. The van der Waals surface area contributed by atoms with Gasteiger partial charge >= 0.3 is 0 Å². The molecule has 0 aromatic rings. The number of likely N-dealkylation sites (tertiary alicyclic amines) is 1. The summed E-state index contributed by atoms with van der Waals surface area (Å²) in [6, 6.07) is 0. The Morgan fingerprint density at radius 1 is 1.57 bits per heavy atom. The van der Waals surface area contributed by atoms with Crippen molar-refractivity contribution < 1.29 is 4.79 Å². The van der Waals surface area contributed by atoms with E-state index in [9.17, 15) is 4.79 Å². The fourth-order valence-electron chi connectivity index (χ4n) is 1.66. The lowest BCUT2D eigenvalue weighted by Gasteiger charge is -2.28. The smallest absolute Gasteiger partial charge is 0.221 e. The first-order valence-corrected chi connectivity index (χ1v) is 5.33. The standard InChI is InChI=1S/C10H19N3O/c1-2-12-10(14)6-8-13-7-4-3-5-9(13)11/h11H,2-8H2,1H3,(H,12,14). The molecule has 0 radical (unpaired) electrons. The molecule has 1 aliphatic rings. The fraction of sp³-hybridized carbons (Fsp3) is 0.800. The van der Waals surface area contributed by atoms with Crippen LogP contribution >= 0.6 is 0 Å². The zero-order chi connectivity index (χ0) is 10.4. The van der Waals surface area contributed by atoms with Gasteiger partial charge in [-0.25, -0.2) is 0 Å². The lowest BCUT2D eigenvalue weighted by atomic mass is 10.1. The van der Waals surface area contributed by atoms with Crippen molar-refractivity contribution in [3.05, 3.63) is 0 Å². The van der Waals surface area contributed by atoms with Crippen LogP contribution in [0.5, 0.6) is 0 Å². The van der Waals surface area contributed by atoms with Crippen molar-refractivity contribution in [3.63, 3.8) is 0 Å². The van der Waals surface area contributed by atoms with E-state index in [-0.39, 0.29) is 5.91 Å². The van der Waals surface area contributed by atoms with Crippen LogP contribution in [0.1, 0.15) is 32.6 Å². The highest BCUT2D eigenvalue weighted by Gasteiger charge is 2.15. The Labute approximate surface area is 85.2 Å². The molecule has 1 saturated heterocycles. The van der Waals surface area contributed by atoms with Crippen molar-refractivity contribution in [2.24, 2.45) is 0 Å². The van der Waals surface area contributed by atoms with Gasteiger partial charge in [0, 0.05) is 32.5 Å². The molecule has 1 rings (SSSR count). The number of hydrogen-bond acceptors (Lipinski definition) is 2. The van der Waals surface area contributed by atoms with Gasteiger partial charge in [-0.3, -0.25) is 10.2 Å². The second kappa shape index (κ2) is 5.62. The molecular weight excluding hydrogens is 178 g/mol. The summed E-state index contributed by atoms with van der Waals surface area (Å²) in [5, 5.41) is 10.5. The van der Waals surface area contributed by atoms with E-state index in [2.05, 4.69) is 5.32 Å². The number of amidine groups is 1. The van der Waals surface area contributed by atoms with Gasteiger partial charge in [-0.05, 0) is 19.8 Å². The van der Waals surface area contributed by atoms with Gasteiger partial charge in [-0.15, -0.1) is 0 Å². The molecule has 4 nitrogen and oxygen atoms in total. The maximum absolute atomic E-state index is 11.2. The van der Waals surface area contributed by atoms with Crippen LogP contribution in [0.25, 0.3) is 0 Å². The Balaban J connectivity index is 2.22. The van der Waals surface area contributed by atoms with Gasteiger partial charge in [0.25, 0.3) is 0 Å². The van der Waals surface area contributed by atoms with E-state index in [0.717, 1.165) is 25.8 Å². The van der Waals surface area contributed by atoms with Gasteiger partial charge in [0.2, 0.25) is 5.91 Å². The van der Waals surface area contributed by atoms with Gasteiger partial charge in [0.15, 0.2) is 0 Å². The number of nitrogens with one attached hydrogen (secondary N) is 2. The van der Waals surface area contributed by atoms with Gasteiger partial charge in [-0.2, -0.15) is 0 Å². The molecule has 0 bridgehead atoms. The lowest BCUT2D eigenvalue weighted by molar-refractivity contribution is -0.121. The lowest BCUT2D eigenvalue weighted by Crippen LogP contribution is -2.37. The largest absolute Gasteiger partial charge is 0.360 e. The molecule has 1 aliphatic heterocycles. The summed E-state index contributed by atoms with van der Waals surface area (Å²) in [4.78, 5) is 13.2. The van der Waals surface area contributed by atoms with E-state index in [0.29, 0.717) is 25.3 Å². The molecule has 0 aromatic heterocycles. The average Bonchev–Trinajstić information content (AvgIpc) is 2.17. The molecule has 0 atom stereocenters. The van der Waals surface area contributed by atoms with Crippen molar-refractivity contribution in [1.29, 1.82) is 5.41 Å². The second-order valence-electron chi connectivity index (χ2n) is 3.59. The Kier molecular flexibility index (Phi) is 4.43. The minimum Gasteiger partial charge on any atom is -0.360 e. The highest BCUT2D eigenvalue weighted by Crippen LogP contribution is 2.10. The minimum absolute atomic E-state index is 0.0888. The number of carbonyl (C=O) groups is 1. The normalized spacial score (nSPS) is 16.9. The molecule has 1 amide bonds. The molecule has 1 fully saturated rings. The molecule has 0 aliphatic carbocycles. The van der Waals surface area contributed by atoms with Gasteiger partial charge in [0.05, 0.1) is 5.84 Å². The van der Waals surface area contributed by atoms with E-state index >= 15 is 0 Å². The van der Waals surface area contributed by atoms with Crippen LogP contribution in [0.15, 0.2) is 0 Å². The SMILES string of the molecule is CCNC(=O)CCN1CCCCC1=N. The van der Waals surface area contributed by atoms with Gasteiger partial charge < -0.3 is 10.2 Å². The maximum atomic E-state index is 11.2. The van der Waals surface area contributed by atoms with Crippen molar-refractivity contribution in [2.45, 2.75) is 32.6 Å². The molecule has 4 heteroatoms. The summed E-state index contributed by atoms with van der Waals surface area (Å²) in [7, 11) is 0. The number of amides is 1. The van der Waals surface area contributed by atoms with Crippen LogP contribution in [-0.2, 0) is 4.79 Å². The third kappa shape index (κ3) is 3.36. The Hall–Kier alpha value is -1.06. The number of hydrogen-bond donors (Lipinski definition) is 2. The fourth-order valence-corrected chi connectivity index (χ4v) is 1.66. The number of rotatable bonds is 4. The van der Waals surface area contributed by atoms with E-state index in [1.165, 1.54) is 0 Å². The third-order valence-corrected chi connectivity index (χ3v) is 2.46. The van der Waals surface area contributed by atoms with Crippen molar-refractivity contribution in [2.75, 3.05) is 19.6 Å². The third-order valence-electron chi connectivity index (χ3n) is 2.46. The molecule has 2 N–H and O–H groups in total. The number of carbonyl (C=O) groups excluding carboxylic acids is 1. The van der Waals surface area contributed by atoms with E-state index in [1.807, 2.05) is 11.8 Å². The highest BCUT2D eigenvalue weighted by atomic mass is 16.1. The summed E-state index contributed by atoms with van der Waals surface area (Å²) in [6.45, 7) is 4.25. The monoisotopic (exact) mass is 197 g/mol. The first-order chi connectivity index (χ1) is 6.74. The molecule has 0 spiro atoms. The van der Waals surface area contributed by atoms with Crippen LogP contribution < -0.4 is 5.32 Å². The van der Waals surface area contributed by atoms with Crippen LogP contribution in [0.2, 0.25) is 0 Å². The zero-order valence-electron chi connectivity index (χ0n) is 8.81. The number of nitrogens with zero attached hydrogens (tertiary/aromatic N) is 1. The summed E-state index contributed by atoms with van der Waals surface area (Å²) in [5.41, 5.74) is 0. The molecule has 1 heterocycles. The Morgan fingerprint density at radius 2 is 2.36 bits per heavy atom. The predicted octanol–water partition coefficient (Wildman–Crippen LogP) is 0.976. The molecule has 0 unspecified atom stereocenters. The average molecular weight is 197 g/mol. The summed E-state index contributed by atoms with van der Waals surface area (Å²) in [5.74, 6) is 0.784. The summed E-state index contributed by atoms with van der Waals surface area (Å²) < 4.78 is 0. The van der Waals surface area contributed by atoms with Crippen LogP contribution in [0, 0.1) is 5.41 Å². The van der Waals surface area contributed by atoms with Crippen molar-refractivity contribution >= 4 is 11.7 Å². The van der Waals surface area contributed by atoms with Crippen molar-refractivity contribution in [1.82, 2.24) is 10.2 Å². The number of piperidine rings is 1. The molecule has 80 valence electrons. The zero-order valence-corrected chi connectivity index (χ0v) is 8.81. The minimum atomic E-state index is 0.0888. The molecule has 0 aromatic carbocycles. The van der Waals surface area contributed by atoms with Crippen LogP contribution in [0.3, 0.4) is 0 Å². The molecule has 14 heavy (non-hydrogen) atoms. The van der Waals surface area contributed by atoms with E-state index < -0.39 is 0 Å². The Bertz CT molecular complexity index is 215. The Morgan fingerprint density at radius 3 is 3.00 bits per heavy atom. The first kappa shape index (κ1) is 11.0. The topological polar surface area (TPSA) is 56.2 Å². The van der Waals surface area contributed by atoms with Crippen LogP contribution in [-0.4, -0.2) is 36.3 Å². The van der Waals surface area contributed by atoms with Gasteiger partial charge in [-0.1, -0.05) is 0 Å². The second-order valence-corrected chi connectivity index (χ2v) is 3.59. The quantitative estimate of drug-likeness (QED) is 0.705. The van der Waals surface area contributed by atoms with Crippen LogP contribution in [0.4, 0.5) is 0 Å². The summed E-state index contributed by atoms with van der Waals surface area (Å²) in [6.07, 6.45) is 3.65.